The van der Waals surface area contributed by atoms with Gasteiger partial charge in [-0.15, -0.1) is 11.8 Å². The van der Waals surface area contributed by atoms with Crippen LogP contribution in [0.2, 0.25) is 0 Å². The maximum absolute atomic E-state index is 12.3. The van der Waals surface area contributed by atoms with Crippen LogP contribution in [-0.4, -0.2) is 36.1 Å². The Morgan fingerprint density at radius 2 is 1.88 bits per heavy atom. The van der Waals surface area contributed by atoms with E-state index in [2.05, 4.69) is 5.32 Å². The number of nitrogens with one attached hydrogen (secondary N) is 1. The maximum atomic E-state index is 12.3. The van der Waals surface area contributed by atoms with Crippen molar-refractivity contribution in [3.63, 3.8) is 0 Å². The fourth-order valence-corrected chi connectivity index (χ4v) is 3.85. The molecule has 1 aliphatic heterocycles. The fraction of sp³-hybridized carbons (Fsp3) is 0.263. The van der Waals surface area contributed by atoms with Gasteiger partial charge in [-0.05, 0) is 36.8 Å². The summed E-state index contributed by atoms with van der Waals surface area (Å²) < 4.78 is 5.17. The largest absolute Gasteiger partial charge is 0.497 e. The Kier molecular flexibility index (Phi) is 5.28. The molecule has 0 saturated carbocycles. The number of hydrogen-bond acceptors (Lipinski definition) is 4. The number of amides is 2. The third-order valence-electron chi connectivity index (χ3n) is 4.02. The van der Waals surface area contributed by atoms with Crippen LogP contribution in [0.4, 0.5) is 5.69 Å². The van der Waals surface area contributed by atoms with Gasteiger partial charge in [-0.3, -0.25) is 9.59 Å². The molecule has 2 amide bonds. The lowest BCUT2D eigenvalue weighted by molar-refractivity contribution is -0.132. The van der Waals surface area contributed by atoms with Gasteiger partial charge in [0, 0.05) is 5.69 Å². The van der Waals surface area contributed by atoms with E-state index in [-0.39, 0.29) is 23.7 Å². The molecule has 1 atom stereocenters. The van der Waals surface area contributed by atoms with Crippen molar-refractivity contribution in [2.45, 2.75) is 12.3 Å². The van der Waals surface area contributed by atoms with Crippen LogP contribution in [0.5, 0.6) is 5.75 Å². The third-order valence-corrected chi connectivity index (χ3v) is 5.27. The van der Waals surface area contributed by atoms with Crippen LogP contribution in [0.3, 0.4) is 0 Å². The van der Waals surface area contributed by atoms with Crippen LogP contribution >= 0.6 is 11.8 Å². The van der Waals surface area contributed by atoms with Crippen molar-refractivity contribution in [2.24, 2.45) is 0 Å². The van der Waals surface area contributed by atoms with Crippen molar-refractivity contribution in [2.75, 3.05) is 24.7 Å². The highest BCUT2D eigenvalue weighted by molar-refractivity contribution is 8.00. The summed E-state index contributed by atoms with van der Waals surface area (Å²) in [5.41, 5.74) is 2.85. The molecular weight excluding hydrogens is 336 g/mol. The van der Waals surface area contributed by atoms with Gasteiger partial charge in [0.1, 0.15) is 17.7 Å². The van der Waals surface area contributed by atoms with Gasteiger partial charge >= 0.3 is 0 Å². The third kappa shape index (κ3) is 4.14. The molecule has 2 aromatic rings. The van der Waals surface area contributed by atoms with Gasteiger partial charge in [0.25, 0.3) is 0 Å². The van der Waals surface area contributed by atoms with Gasteiger partial charge in [0.15, 0.2) is 0 Å². The molecule has 1 aliphatic rings. The second kappa shape index (κ2) is 7.61. The molecule has 5 nitrogen and oxygen atoms in total. The normalized spacial score (nSPS) is 16.8. The van der Waals surface area contributed by atoms with Gasteiger partial charge in [0.2, 0.25) is 11.8 Å². The molecule has 0 bridgehead atoms. The van der Waals surface area contributed by atoms with Crippen LogP contribution in [0, 0.1) is 6.92 Å². The molecule has 130 valence electrons. The number of nitrogens with zero attached hydrogens (tertiary/aromatic N) is 1. The van der Waals surface area contributed by atoms with Crippen LogP contribution in [-0.2, 0) is 9.59 Å². The van der Waals surface area contributed by atoms with E-state index in [1.807, 2.05) is 55.5 Å². The standard InChI is InChI=1S/C19H20N2O3S/c1-13-3-7-15(8-4-13)20-17(22)11-21-18(23)12-25-19(21)14-5-9-16(24-2)10-6-14/h3-10,19H,11-12H2,1-2H3,(H,20,22). The molecule has 0 aromatic heterocycles. The summed E-state index contributed by atoms with van der Waals surface area (Å²) in [6.45, 7) is 2.03. The van der Waals surface area contributed by atoms with Crippen LogP contribution < -0.4 is 10.1 Å². The molecule has 1 fully saturated rings. The highest BCUT2D eigenvalue weighted by atomic mass is 32.2. The number of carbonyl (C=O) groups is 2. The lowest BCUT2D eigenvalue weighted by Crippen LogP contribution is -2.36. The Morgan fingerprint density at radius 1 is 1.20 bits per heavy atom. The van der Waals surface area contributed by atoms with Crippen molar-refractivity contribution >= 4 is 29.3 Å². The van der Waals surface area contributed by atoms with E-state index in [0.717, 1.165) is 22.6 Å². The topological polar surface area (TPSA) is 58.6 Å². The number of hydrogen-bond donors (Lipinski definition) is 1. The lowest BCUT2D eigenvalue weighted by Gasteiger charge is -2.23. The maximum Gasteiger partial charge on any atom is 0.244 e. The van der Waals surface area contributed by atoms with E-state index in [1.165, 1.54) is 11.8 Å². The summed E-state index contributed by atoms with van der Waals surface area (Å²) >= 11 is 1.53. The van der Waals surface area contributed by atoms with E-state index < -0.39 is 0 Å². The first-order valence-electron chi connectivity index (χ1n) is 7.98. The molecule has 0 spiro atoms. The Bertz CT molecular complexity index is 759. The first kappa shape index (κ1) is 17.4. The zero-order valence-electron chi connectivity index (χ0n) is 14.2. The molecule has 1 unspecified atom stereocenters. The number of carbonyl (C=O) groups excluding carboxylic acids is 2. The quantitative estimate of drug-likeness (QED) is 0.894. The number of methoxy groups -OCH3 is 1. The highest BCUT2D eigenvalue weighted by Crippen LogP contribution is 2.38. The molecule has 0 aliphatic carbocycles. The van der Waals surface area contributed by atoms with Crippen LogP contribution in [0.15, 0.2) is 48.5 Å². The zero-order chi connectivity index (χ0) is 17.8. The summed E-state index contributed by atoms with van der Waals surface area (Å²) in [6.07, 6.45) is 0. The minimum absolute atomic E-state index is 0.0233. The molecule has 0 radical (unpaired) electrons. The smallest absolute Gasteiger partial charge is 0.244 e. The lowest BCUT2D eigenvalue weighted by atomic mass is 10.2. The first-order chi connectivity index (χ1) is 12.1. The minimum atomic E-state index is -0.196. The Hall–Kier alpha value is -2.47. The Labute approximate surface area is 151 Å². The van der Waals surface area contributed by atoms with E-state index in [0.29, 0.717) is 5.75 Å². The summed E-state index contributed by atoms with van der Waals surface area (Å²) in [4.78, 5) is 26.2. The number of anilines is 1. The molecule has 1 heterocycles. The Morgan fingerprint density at radius 3 is 2.52 bits per heavy atom. The average molecular weight is 356 g/mol. The van der Waals surface area contributed by atoms with E-state index >= 15 is 0 Å². The number of benzene rings is 2. The molecule has 6 heteroatoms. The highest BCUT2D eigenvalue weighted by Gasteiger charge is 2.34. The summed E-state index contributed by atoms with van der Waals surface area (Å²) in [5, 5.41) is 2.69. The second-order valence-corrected chi connectivity index (χ2v) is 6.94. The monoisotopic (exact) mass is 356 g/mol. The van der Waals surface area contributed by atoms with Crippen molar-refractivity contribution < 1.29 is 14.3 Å². The van der Waals surface area contributed by atoms with Crippen LogP contribution in [0.25, 0.3) is 0 Å². The molecule has 25 heavy (non-hydrogen) atoms. The first-order valence-corrected chi connectivity index (χ1v) is 9.03. The van der Waals surface area contributed by atoms with E-state index in [9.17, 15) is 9.59 Å². The minimum Gasteiger partial charge on any atom is -0.497 e. The predicted octanol–water partition coefficient (Wildman–Crippen LogP) is 3.22. The fourth-order valence-electron chi connectivity index (χ4n) is 2.66. The van der Waals surface area contributed by atoms with Crippen molar-refractivity contribution in [1.29, 1.82) is 0 Å². The van der Waals surface area contributed by atoms with Crippen LogP contribution in [0.1, 0.15) is 16.5 Å². The van der Waals surface area contributed by atoms with Gasteiger partial charge in [-0.2, -0.15) is 0 Å². The summed E-state index contributed by atoms with van der Waals surface area (Å²) in [6, 6.07) is 15.2. The molecular formula is C19H20N2O3S. The summed E-state index contributed by atoms with van der Waals surface area (Å²) in [7, 11) is 1.62. The van der Waals surface area contributed by atoms with Crippen molar-refractivity contribution in [3.05, 3.63) is 59.7 Å². The predicted molar refractivity (Wildman–Crippen MR) is 99.7 cm³/mol. The molecule has 2 aromatic carbocycles. The Balaban J connectivity index is 1.68. The zero-order valence-corrected chi connectivity index (χ0v) is 15.0. The number of aryl methyl sites for hydroxylation is 1. The van der Waals surface area contributed by atoms with Gasteiger partial charge in [-0.1, -0.05) is 29.8 Å². The SMILES string of the molecule is COc1ccc(C2SCC(=O)N2CC(=O)Nc2ccc(C)cc2)cc1. The van der Waals surface area contributed by atoms with Gasteiger partial charge in [0.05, 0.1) is 12.9 Å². The van der Waals surface area contributed by atoms with Gasteiger partial charge in [-0.25, -0.2) is 0 Å². The number of rotatable bonds is 5. The molecule has 3 rings (SSSR count). The number of ether oxygens (including phenoxy) is 1. The number of thioether (sulfide) groups is 1. The van der Waals surface area contributed by atoms with E-state index in [4.69, 9.17) is 4.74 Å². The molecule has 1 N–H and O–H groups in total. The molecule has 1 saturated heterocycles. The average Bonchev–Trinajstić information content (AvgIpc) is 2.98. The summed E-state index contributed by atoms with van der Waals surface area (Å²) in [5.74, 6) is 0.930. The van der Waals surface area contributed by atoms with E-state index in [1.54, 1.807) is 12.0 Å². The van der Waals surface area contributed by atoms with Crippen molar-refractivity contribution in [1.82, 2.24) is 4.90 Å². The van der Waals surface area contributed by atoms with Crippen molar-refractivity contribution in [3.8, 4) is 5.75 Å². The second-order valence-electron chi connectivity index (χ2n) is 5.87. The van der Waals surface area contributed by atoms with Gasteiger partial charge < -0.3 is 15.0 Å².